The van der Waals surface area contributed by atoms with Crippen molar-refractivity contribution in [2.75, 3.05) is 32.9 Å². The third kappa shape index (κ3) is 3.15. The number of nitrogens with zero attached hydrogens (tertiary/aromatic N) is 2. The Balaban J connectivity index is 1.40. The highest BCUT2D eigenvalue weighted by Gasteiger charge is 2.48. The molecule has 0 bridgehead atoms. The maximum Gasteiger partial charge on any atom is 0.292 e. The van der Waals surface area contributed by atoms with E-state index in [1.807, 2.05) is 4.90 Å². The van der Waals surface area contributed by atoms with Crippen LogP contribution in [0.3, 0.4) is 0 Å². The second-order valence-corrected chi connectivity index (χ2v) is 7.09. The molecule has 2 atom stereocenters. The molecule has 1 aromatic heterocycles. The van der Waals surface area contributed by atoms with E-state index >= 15 is 0 Å². The van der Waals surface area contributed by atoms with Crippen LogP contribution in [0.15, 0.2) is 16.8 Å². The smallest absolute Gasteiger partial charge is 0.292 e. The van der Waals surface area contributed by atoms with E-state index in [-0.39, 0.29) is 11.5 Å². The number of carbonyl (C=O) groups excluding carboxylic acids is 1. The molecule has 1 amide bonds. The Morgan fingerprint density at radius 3 is 3.09 bits per heavy atom. The van der Waals surface area contributed by atoms with Crippen LogP contribution in [0, 0.1) is 11.8 Å². The summed E-state index contributed by atoms with van der Waals surface area (Å²) in [6, 6.07) is 1.62. The monoisotopic (exact) mass is 320 g/mol. The predicted octanol–water partition coefficient (Wildman–Crippen LogP) is 2.11. The van der Waals surface area contributed by atoms with E-state index in [0.29, 0.717) is 31.4 Å². The van der Waals surface area contributed by atoms with Gasteiger partial charge in [0.2, 0.25) is 5.76 Å². The lowest BCUT2D eigenvalue weighted by Crippen LogP contribution is -2.56. The molecule has 2 aliphatic carbocycles. The van der Waals surface area contributed by atoms with E-state index in [4.69, 9.17) is 14.0 Å². The second-order valence-electron chi connectivity index (χ2n) is 7.09. The molecule has 126 valence electrons. The van der Waals surface area contributed by atoms with Crippen LogP contribution in [0.2, 0.25) is 0 Å². The van der Waals surface area contributed by atoms with Gasteiger partial charge in [0, 0.05) is 25.1 Å². The van der Waals surface area contributed by atoms with Crippen molar-refractivity contribution in [3.05, 3.63) is 18.0 Å². The average Bonchev–Trinajstić information content (AvgIpc) is 3.08. The lowest BCUT2D eigenvalue weighted by molar-refractivity contribution is -0.133. The van der Waals surface area contributed by atoms with Gasteiger partial charge >= 0.3 is 0 Å². The summed E-state index contributed by atoms with van der Waals surface area (Å²) in [6.07, 6.45) is 7.40. The molecule has 0 N–H and O–H groups in total. The van der Waals surface area contributed by atoms with Crippen molar-refractivity contribution < 1.29 is 18.8 Å². The summed E-state index contributed by atoms with van der Waals surface area (Å²) in [5.74, 6) is 1.38. The summed E-state index contributed by atoms with van der Waals surface area (Å²) in [4.78, 5) is 14.4. The summed E-state index contributed by atoms with van der Waals surface area (Å²) in [6.45, 7) is 3.45. The molecule has 3 fully saturated rings. The molecule has 1 aliphatic heterocycles. The first kappa shape index (κ1) is 15.1. The molecule has 0 aromatic carbocycles. The SMILES string of the molecule is O=C(c1ccno1)N1CCO[C@]2(CCC[C@@H]2COCC2CC2)C1. The second kappa shape index (κ2) is 6.24. The molecule has 1 saturated heterocycles. The molecular formula is C17H24N2O4. The van der Waals surface area contributed by atoms with Gasteiger partial charge < -0.3 is 18.9 Å². The van der Waals surface area contributed by atoms with E-state index < -0.39 is 0 Å². The van der Waals surface area contributed by atoms with Crippen LogP contribution in [0.5, 0.6) is 0 Å². The van der Waals surface area contributed by atoms with Gasteiger partial charge in [0.05, 0.1) is 31.6 Å². The Hall–Kier alpha value is -1.40. The van der Waals surface area contributed by atoms with E-state index in [9.17, 15) is 4.79 Å². The van der Waals surface area contributed by atoms with Gasteiger partial charge in [-0.3, -0.25) is 4.79 Å². The van der Waals surface area contributed by atoms with Gasteiger partial charge in [-0.25, -0.2) is 0 Å². The first-order valence-electron chi connectivity index (χ1n) is 8.68. The third-order valence-corrected chi connectivity index (χ3v) is 5.41. The number of hydrogen-bond donors (Lipinski definition) is 0. The molecule has 2 heterocycles. The number of morpholine rings is 1. The van der Waals surface area contributed by atoms with Gasteiger partial charge in [-0.05, 0) is 31.6 Å². The Morgan fingerprint density at radius 1 is 1.39 bits per heavy atom. The lowest BCUT2D eigenvalue weighted by Gasteiger charge is -2.43. The van der Waals surface area contributed by atoms with Gasteiger partial charge in [-0.2, -0.15) is 0 Å². The molecule has 0 radical (unpaired) electrons. The molecule has 1 aromatic rings. The lowest BCUT2D eigenvalue weighted by atomic mass is 9.89. The van der Waals surface area contributed by atoms with Crippen LogP contribution in [0.25, 0.3) is 0 Å². The first-order valence-corrected chi connectivity index (χ1v) is 8.68. The minimum atomic E-state index is -0.239. The molecule has 4 rings (SSSR count). The highest BCUT2D eigenvalue weighted by atomic mass is 16.5. The van der Waals surface area contributed by atoms with Gasteiger partial charge in [0.1, 0.15) is 0 Å². The van der Waals surface area contributed by atoms with Crippen molar-refractivity contribution in [3.8, 4) is 0 Å². The molecule has 2 saturated carbocycles. The zero-order valence-corrected chi connectivity index (χ0v) is 13.4. The van der Waals surface area contributed by atoms with Crippen LogP contribution in [-0.2, 0) is 9.47 Å². The van der Waals surface area contributed by atoms with Crippen molar-refractivity contribution >= 4 is 5.91 Å². The van der Waals surface area contributed by atoms with Gasteiger partial charge in [0.25, 0.3) is 5.91 Å². The Morgan fingerprint density at radius 2 is 2.30 bits per heavy atom. The number of amides is 1. The normalized spacial score (nSPS) is 31.0. The average molecular weight is 320 g/mol. The summed E-state index contributed by atoms with van der Waals surface area (Å²) in [5, 5.41) is 3.63. The maximum atomic E-state index is 12.5. The largest absolute Gasteiger partial charge is 0.381 e. The minimum Gasteiger partial charge on any atom is -0.381 e. The fraction of sp³-hybridized carbons (Fsp3) is 0.765. The summed E-state index contributed by atoms with van der Waals surface area (Å²) in [5.41, 5.74) is -0.239. The van der Waals surface area contributed by atoms with Gasteiger partial charge in [-0.15, -0.1) is 0 Å². The Labute approximate surface area is 136 Å². The number of carbonyl (C=O) groups is 1. The van der Waals surface area contributed by atoms with Crippen LogP contribution in [-0.4, -0.2) is 54.5 Å². The van der Waals surface area contributed by atoms with Crippen LogP contribution in [0.1, 0.15) is 42.7 Å². The van der Waals surface area contributed by atoms with Gasteiger partial charge in [-0.1, -0.05) is 11.6 Å². The predicted molar refractivity (Wildman–Crippen MR) is 82.0 cm³/mol. The Kier molecular flexibility index (Phi) is 4.11. The van der Waals surface area contributed by atoms with Crippen molar-refractivity contribution in [2.45, 2.75) is 37.7 Å². The highest BCUT2D eigenvalue weighted by molar-refractivity contribution is 5.91. The molecule has 1 spiro atoms. The topological polar surface area (TPSA) is 64.8 Å². The van der Waals surface area contributed by atoms with E-state index in [0.717, 1.165) is 38.4 Å². The van der Waals surface area contributed by atoms with Crippen LogP contribution < -0.4 is 0 Å². The van der Waals surface area contributed by atoms with Gasteiger partial charge in [0.15, 0.2) is 0 Å². The molecule has 3 aliphatic rings. The standard InChI is InChI=1S/C17H24N2O4/c20-16(15-5-7-18-23-15)19-8-9-22-17(12-19)6-1-2-14(17)11-21-10-13-3-4-13/h5,7,13-14H,1-4,6,8-12H2/t14-,17-/m1/s1. The first-order chi connectivity index (χ1) is 11.3. The molecule has 23 heavy (non-hydrogen) atoms. The number of ether oxygens (including phenoxy) is 2. The summed E-state index contributed by atoms with van der Waals surface area (Å²) < 4.78 is 17.1. The molecule has 6 heteroatoms. The van der Waals surface area contributed by atoms with E-state index in [1.165, 1.54) is 19.0 Å². The third-order valence-electron chi connectivity index (χ3n) is 5.41. The summed E-state index contributed by atoms with van der Waals surface area (Å²) in [7, 11) is 0. The molecule has 0 unspecified atom stereocenters. The highest BCUT2D eigenvalue weighted by Crippen LogP contribution is 2.42. The van der Waals surface area contributed by atoms with Crippen molar-refractivity contribution in [1.82, 2.24) is 10.1 Å². The number of rotatable bonds is 5. The van der Waals surface area contributed by atoms with E-state index in [2.05, 4.69) is 5.16 Å². The number of aromatic nitrogens is 1. The summed E-state index contributed by atoms with van der Waals surface area (Å²) >= 11 is 0. The maximum absolute atomic E-state index is 12.5. The van der Waals surface area contributed by atoms with Crippen LogP contribution in [0.4, 0.5) is 0 Å². The zero-order chi connectivity index (χ0) is 15.7. The fourth-order valence-electron chi connectivity index (χ4n) is 3.87. The van der Waals surface area contributed by atoms with Crippen molar-refractivity contribution in [3.63, 3.8) is 0 Å². The Bertz CT molecular complexity index is 543. The van der Waals surface area contributed by atoms with Crippen molar-refractivity contribution in [1.29, 1.82) is 0 Å². The quantitative estimate of drug-likeness (QED) is 0.831. The van der Waals surface area contributed by atoms with E-state index in [1.54, 1.807) is 6.07 Å². The zero-order valence-electron chi connectivity index (χ0n) is 13.4. The van der Waals surface area contributed by atoms with Crippen LogP contribution >= 0.6 is 0 Å². The minimum absolute atomic E-state index is 0.0882. The number of hydrogen-bond acceptors (Lipinski definition) is 5. The molecule has 6 nitrogen and oxygen atoms in total. The fourth-order valence-corrected chi connectivity index (χ4v) is 3.87. The van der Waals surface area contributed by atoms with Crippen molar-refractivity contribution in [2.24, 2.45) is 11.8 Å². The molecular weight excluding hydrogens is 296 g/mol.